The summed E-state index contributed by atoms with van der Waals surface area (Å²) in [6, 6.07) is 0.108. The molecule has 1 N–H and O–H groups in total. The maximum Gasteiger partial charge on any atom is 0.254 e. The zero-order valence-corrected chi connectivity index (χ0v) is 10.4. The molecule has 0 spiro atoms. The van der Waals surface area contributed by atoms with Gasteiger partial charge in [-0.3, -0.25) is 4.79 Å². The van der Waals surface area contributed by atoms with Crippen molar-refractivity contribution in [1.29, 1.82) is 0 Å². The van der Waals surface area contributed by atoms with E-state index in [9.17, 15) is 9.90 Å². The standard InChI is InChI=1S/C11H23NO2/c1-8(2)12(7)9(13)11(6,14)10(3,4)5/h8,14H,1-7H3/t11-/m0/s1. The van der Waals surface area contributed by atoms with E-state index in [1.54, 1.807) is 18.9 Å². The van der Waals surface area contributed by atoms with Crippen LogP contribution in [0, 0.1) is 5.41 Å². The van der Waals surface area contributed by atoms with Gasteiger partial charge in [-0.1, -0.05) is 20.8 Å². The third kappa shape index (κ3) is 2.47. The first-order chi connectivity index (χ1) is 6.01. The smallest absolute Gasteiger partial charge is 0.254 e. The van der Waals surface area contributed by atoms with Crippen LogP contribution < -0.4 is 0 Å². The molecule has 0 aromatic rings. The Hall–Kier alpha value is -0.570. The van der Waals surface area contributed by atoms with Gasteiger partial charge in [0.2, 0.25) is 0 Å². The van der Waals surface area contributed by atoms with Crippen LogP contribution in [0.2, 0.25) is 0 Å². The van der Waals surface area contributed by atoms with Crippen LogP contribution in [0.5, 0.6) is 0 Å². The molecule has 0 saturated heterocycles. The molecule has 84 valence electrons. The summed E-state index contributed by atoms with van der Waals surface area (Å²) in [6.45, 7) is 11.0. The Bertz CT molecular complexity index is 214. The van der Waals surface area contributed by atoms with E-state index < -0.39 is 11.0 Å². The Kier molecular flexibility index (Phi) is 3.73. The van der Waals surface area contributed by atoms with E-state index in [0.29, 0.717) is 0 Å². The zero-order chi connectivity index (χ0) is 11.7. The summed E-state index contributed by atoms with van der Waals surface area (Å²) in [5, 5.41) is 10.1. The van der Waals surface area contributed by atoms with Crippen LogP contribution in [-0.4, -0.2) is 34.6 Å². The monoisotopic (exact) mass is 201 g/mol. The van der Waals surface area contributed by atoms with Crippen molar-refractivity contribution in [3.05, 3.63) is 0 Å². The lowest BCUT2D eigenvalue weighted by atomic mass is 9.77. The van der Waals surface area contributed by atoms with Gasteiger partial charge in [0, 0.05) is 13.1 Å². The summed E-state index contributed by atoms with van der Waals surface area (Å²) in [5.41, 5.74) is -1.76. The summed E-state index contributed by atoms with van der Waals surface area (Å²) < 4.78 is 0. The molecule has 0 aliphatic heterocycles. The highest BCUT2D eigenvalue weighted by atomic mass is 16.3. The number of carbonyl (C=O) groups is 1. The normalized spacial score (nSPS) is 16.6. The first-order valence-electron chi connectivity index (χ1n) is 5.01. The van der Waals surface area contributed by atoms with Gasteiger partial charge in [-0.2, -0.15) is 0 Å². The highest BCUT2D eigenvalue weighted by Gasteiger charge is 2.44. The molecule has 3 nitrogen and oxygen atoms in total. The molecule has 0 aromatic carbocycles. The summed E-state index contributed by atoms with van der Waals surface area (Å²) in [6.07, 6.45) is 0. The predicted octanol–water partition coefficient (Wildman–Crippen LogP) is 1.65. The van der Waals surface area contributed by atoms with Crippen LogP contribution in [-0.2, 0) is 4.79 Å². The van der Waals surface area contributed by atoms with Crippen LogP contribution in [0.25, 0.3) is 0 Å². The molecular weight excluding hydrogens is 178 g/mol. The molecule has 0 heterocycles. The lowest BCUT2D eigenvalue weighted by Crippen LogP contribution is -2.54. The number of likely N-dealkylation sites (N-methyl/N-ethyl adjacent to an activating group) is 1. The number of aliphatic hydroxyl groups is 1. The Balaban J connectivity index is 4.86. The summed E-state index contributed by atoms with van der Waals surface area (Å²) in [4.78, 5) is 13.5. The topological polar surface area (TPSA) is 40.5 Å². The molecular formula is C11H23NO2. The molecule has 14 heavy (non-hydrogen) atoms. The minimum absolute atomic E-state index is 0.108. The Morgan fingerprint density at radius 2 is 1.57 bits per heavy atom. The predicted molar refractivity (Wildman–Crippen MR) is 58.0 cm³/mol. The van der Waals surface area contributed by atoms with E-state index >= 15 is 0 Å². The molecule has 0 aliphatic carbocycles. The average molecular weight is 201 g/mol. The van der Waals surface area contributed by atoms with Gasteiger partial charge in [-0.05, 0) is 26.2 Å². The molecule has 0 unspecified atom stereocenters. The molecule has 1 amide bonds. The summed E-state index contributed by atoms with van der Waals surface area (Å²) in [5.74, 6) is -0.222. The van der Waals surface area contributed by atoms with Crippen LogP contribution in [0.4, 0.5) is 0 Å². The first-order valence-corrected chi connectivity index (χ1v) is 5.01. The van der Waals surface area contributed by atoms with Gasteiger partial charge in [-0.15, -0.1) is 0 Å². The molecule has 1 atom stereocenters. The minimum Gasteiger partial charge on any atom is -0.380 e. The van der Waals surface area contributed by atoms with Gasteiger partial charge >= 0.3 is 0 Å². The van der Waals surface area contributed by atoms with E-state index in [2.05, 4.69) is 0 Å². The lowest BCUT2D eigenvalue weighted by Gasteiger charge is -2.39. The molecule has 0 saturated carbocycles. The van der Waals surface area contributed by atoms with Crippen molar-refractivity contribution >= 4 is 5.91 Å². The molecule has 0 bridgehead atoms. The number of nitrogens with zero attached hydrogens (tertiary/aromatic N) is 1. The third-order valence-electron chi connectivity index (χ3n) is 2.97. The first kappa shape index (κ1) is 13.4. The highest BCUT2D eigenvalue weighted by molar-refractivity contribution is 5.85. The quantitative estimate of drug-likeness (QED) is 0.738. The van der Waals surface area contributed by atoms with Gasteiger partial charge in [0.1, 0.15) is 5.60 Å². The van der Waals surface area contributed by atoms with Crippen LogP contribution in [0.15, 0.2) is 0 Å². The SMILES string of the molecule is CC(C)N(C)C(=O)[C@](C)(O)C(C)(C)C. The number of amides is 1. The summed E-state index contributed by atoms with van der Waals surface area (Å²) in [7, 11) is 1.72. The van der Waals surface area contributed by atoms with Crippen molar-refractivity contribution in [2.24, 2.45) is 5.41 Å². The van der Waals surface area contributed by atoms with E-state index in [-0.39, 0.29) is 11.9 Å². The van der Waals surface area contributed by atoms with Gasteiger partial charge in [0.05, 0.1) is 0 Å². The number of hydrogen-bond acceptors (Lipinski definition) is 2. The maximum absolute atomic E-state index is 11.9. The van der Waals surface area contributed by atoms with Gasteiger partial charge in [0.25, 0.3) is 5.91 Å². The number of carbonyl (C=O) groups excluding carboxylic acids is 1. The van der Waals surface area contributed by atoms with Gasteiger partial charge in [-0.25, -0.2) is 0 Å². The Morgan fingerprint density at radius 1 is 1.21 bits per heavy atom. The molecule has 0 aromatic heterocycles. The molecule has 3 heteroatoms. The third-order valence-corrected chi connectivity index (χ3v) is 2.97. The van der Waals surface area contributed by atoms with Crippen molar-refractivity contribution in [2.75, 3.05) is 7.05 Å². The molecule has 0 fully saturated rings. The van der Waals surface area contributed by atoms with E-state index in [0.717, 1.165) is 0 Å². The number of rotatable bonds is 2. The largest absolute Gasteiger partial charge is 0.380 e. The van der Waals surface area contributed by atoms with E-state index in [1.165, 1.54) is 0 Å². The second kappa shape index (κ2) is 3.89. The van der Waals surface area contributed by atoms with Crippen molar-refractivity contribution in [3.63, 3.8) is 0 Å². The Labute approximate surface area is 87.1 Å². The van der Waals surface area contributed by atoms with Crippen LogP contribution >= 0.6 is 0 Å². The average Bonchev–Trinajstić information content (AvgIpc) is 1.99. The van der Waals surface area contributed by atoms with Gasteiger partial charge < -0.3 is 10.0 Å². The van der Waals surface area contributed by atoms with Crippen molar-refractivity contribution in [1.82, 2.24) is 4.90 Å². The molecule has 0 aliphatic rings. The maximum atomic E-state index is 11.9. The fraction of sp³-hybridized carbons (Fsp3) is 0.909. The fourth-order valence-electron chi connectivity index (χ4n) is 0.899. The zero-order valence-electron chi connectivity index (χ0n) is 10.4. The van der Waals surface area contributed by atoms with Gasteiger partial charge in [0.15, 0.2) is 0 Å². The second-order valence-corrected chi connectivity index (χ2v) is 5.33. The lowest BCUT2D eigenvalue weighted by molar-refractivity contribution is -0.161. The van der Waals surface area contributed by atoms with Crippen LogP contribution in [0.1, 0.15) is 41.5 Å². The second-order valence-electron chi connectivity index (χ2n) is 5.33. The van der Waals surface area contributed by atoms with E-state index in [4.69, 9.17) is 0 Å². The fourth-order valence-corrected chi connectivity index (χ4v) is 0.899. The number of hydrogen-bond donors (Lipinski definition) is 1. The summed E-state index contributed by atoms with van der Waals surface area (Å²) >= 11 is 0. The molecule has 0 radical (unpaired) electrons. The molecule has 0 rings (SSSR count). The highest BCUT2D eigenvalue weighted by Crippen LogP contribution is 2.31. The van der Waals surface area contributed by atoms with Crippen LogP contribution in [0.3, 0.4) is 0 Å². The van der Waals surface area contributed by atoms with Crippen molar-refractivity contribution in [2.45, 2.75) is 53.2 Å². The Morgan fingerprint density at radius 3 is 1.79 bits per heavy atom. The van der Waals surface area contributed by atoms with Crippen molar-refractivity contribution in [3.8, 4) is 0 Å². The van der Waals surface area contributed by atoms with E-state index in [1.807, 2.05) is 34.6 Å². The minimum atomic E-state index is -1.31. The van der Waals surface area contributed by atoms with Crippen molar-refractivity contribution < 1.29 is 9.90 Å².